The highest BCUT2D eigenvalue weighted by Crippen LogP contribution is 2.28. The number of nitrogens with one attached hydrogen (secondary N) is 2. The van der Waals surface area contributed by atoms with E-state index in [1.54, 1.807) is 0 Å². The highest BCUT2D eigenvalue weighted by Gasteiger charge is 2.20. The first kappa shape index (κ1) is 19.6. The van der Waals surface area contributed by atoms with Crippen LogP contribution in [0, 0.1) is 5.92 Å². The number of nitrogens with zero attached hydrogens (tertiary/aromatic N) is 1. The Balaban J connectivity index is 1.86. The van der Waals surface area contributed by atoms with E-state index in [1.807, 2.05) is 18.2 Å². The molecular weight excluding hydrogens is 314 g/mol. The molecule has 0 spiro atoms. The highest BCUT2D eigenvalue weighted by atomic mass is 16.5. The van der Waals surface area contributed by atoms with Crippen molar-refractivity contribution in [1.82, 2.24) is 10.6 Å². The molecule has 1 saturated carbocycles. The van der Waals surface area contributed by atoms with E-state index in [-0.39, 0.29) is 5.60 Å². The zero-order valence-corrected chi connectivity index (χ0v) is 16.1. The third-order valence-electron chi connectivity index (χ3n) is 3.73. The molecule has 0 radical (unpaired) electrons. The van der Waals surface area contributed by atoms with Crippen LogP contribution < -0.4 is 15.4 Å². The highest BCUT2D eigenvalue weighted by molar-refractivity contribution is 5.79. The van der Waals surface area contributed by atoms with Crippen LogP contribution in [0.4, 0.5) is 0 Å². The molecule has 140 valence electrons. The van der Waals surface area contributed by atoms with Gasteiger partial charge in [-0.25, -0.2) is 4.99 Å². The van der Waals surface area contributed by atoms with Crippen molar-refractivity contribution < 1.29 is 9.47 Å². The summed E-state index contributed by atoms with van der Waals surface area (Å²) in [4.78, 5) is 4.68. The Morgan fingerprint density at radius 2 is 1.96 bits per heavy atom. The minimum atomic E-state index is -0.221. The van der Waals surface area contributed by atoms with E-state index in [0.29, 0.717) is 13.2 Å². The van der Waals surface area contributed by atoms with Crippen LogP contribution in [0.1, 0.15) is 46.1 Å². The van der Waals surface area contributed by atoms with E-state index in [9.17, 15) is 0 Å². The van der Waals surface area contributed by atoms with Gasteiger partial charge >= 0.3 is 0 Å². The number of rotatable bonds is 9. The second kappa shape index (κ2) is 9.66. The summed E-state index contributed by atoms with van der Waals surface area (Å²) < 4.78 is 11.7. The number of ether oxygens (including phenoxy) is 2. The second-order valence-corrected chi connectivity index (χ2v) is 7.46. The normalized spacial score (nSPS) is 15.1. The van der Waals surface area contributed by atoms with Gasteiger partial charge in [-0.2, -0.15) is 0 Å². The summed E-state index contributed by atoms with van der Waals surface area (Å²) in [6, 6.07) is 8.08. The topological polar surface area (TPSA) is 54.9 Å². The van der Waals surface area contributed by atoms with Gasteiger partial charge in [0.1, 0.15) is 11.4 Å². The molecule has 0 unspecified atom stereocenters. The molecule has 0 saturated heterocycles. The SMILES string of the molecule is CCNC(=NCc1ccccc1OC(C)(C)C)NCCOCC1CC1. The molecule has 2 rings (SSSR count). The van der Waals surface area contributed by atoms with Crippen molar-refractivity contribution in [2.75, 3.05) is 26.3 Å². The lowest BCUT2D eigenvalue weighted by Crippen LogP contribution is -2.39. The summed E-state index contributed by atoms with van der Waals surface area (Å²) in [6.07, 6.45) is 2.65. The molecule has 5 nitrogen and oxygen atoms in total. The summed E-state index contributed by atoms with van der Waals surface area (Å²) >= 11 is 0. The van der Waals surface area contributed by atoms with E-state index < -0.39 is 0 Å². The van der Waals surface area contributed by atoms with Gasteiger partial charge in [0.15, 0.2) is 5.96 Å². The third kappa shape index (κ3) is 8.25. The predicted molar refractivity (Wildman–Crippen MR) is 103 cm³/mol. The molecule has 0 heterocycles. The molecule has 0 aromatic heterocycles. The fourth-order valence-electron chi connectivity index (χ4n) is 2.35. The van der Waals surface area contributed by atoms with Crippen LogP contribution in [0.2, 0.25) is 0 Å². The summed E-state index contributed by atoms with van der Waals surface area (Å²) in [6.45, 7) is 12.0. The average Bonchev–Trinajstić information content (AvgIpc) is 3.36. The molecule has 1 aliphatic rings. The minimum absolute atomic E-state index is 0.221. The van der Waals surface area contributed by atoms with E-state index in [2.05, 4.69) is 49.4 Å². The average molecular weight is 348 g/mol. The minimum Gasteiger partial charge on any atom is -0.488 e. The summed E-state index contributed by atoms with van der Waals surface area (Å²) in [5.41, 5.74) is 0.862. The lowest BCUT2D eigenvalue weighted by molar-refractivity contribution is 0.128. The van der Waals surface area contributed by atoms with Crippen molar-refractivity contribution in [2.45, 2.75) is 52.7 Å². The standard InChI is InChI=1S/C20H33N3O2/c1-5-21-19(22-12-13-24-15-16-10-11-16)23-14-17-8-6-7-9-18(17)25-20(2,3)4/h6-9,16H,5,10-15H2,1-4H3,(H2,21,22,23). The lowest BCUT2D eigenvalue weighted by Gasteiger charge is -2.23. The number of benzene rings is 1. The molecule has 1 fully saturated rings. The van der Waals surface area contributed by atoms with Crippen LogP contribution in [0.15, 0.2) is 29.3 Å². The van der Waals surface area contributed by atoms with Crippen LogP contribution in [-0.2, 0) is 11.3 Å². The maximum absolute atomic E-state index is 6.04. The summed E-state index contributed by atoms with van der Waals surface area (Å²) in [7, 11) is 0. The molecular formula is C20H33N3O2. The van der Waals surface area contributed by atoms with Crippen molar-refractivity contribution in [3.05, 3.63) is 29.8 Å². The van der Waals surface area contributed by atoms with Crippen LogP contribution in [-0.4, -0.2) is 37.9 Å². The van der Waals surface area contributed by atoms with Gasteiger partial charge in [0.2, 0.25) is 0 Å². The Morgan fingerprint density at radius 3 is 2.64 bits per heavy atom. The molecule has 0 amide bonds. The van der Waals surface area contributed by atoms with Crippen LogP contribution >= 0.6 is 0 Å². The first-order chi connectivity index (χ1) is 12.0. The zero-order chi connectivity index (χ0) is 18.1. The number of aliphatic imine (C=N–C) groups is 1. The van der Waals surface area contributed by atoms with Gasteiger partial charge in [0.05, 0.1) is 13.2 Å². The van der Waals surface area contributed by atoms with Crippen LogP contribution in [0.25, 0.3) is 0 Å². The molecule has 0 aliphatic heterocycles. The largest absolute Gasteiger partial charge is 0.488 e. The molecule has 0 bridgehead atoms. The second-order valence-electron chi connectivity index (χ2n) is 7.46. The first-order valence-corrected chi connectivity index (χ1v) is 9.35. The van der Waals surface area contributed by atoms with Crippen molar-refractivity contribution in [1.29, 1.82) is 0 Å². The van der Waals surface area contributed by atoms with Gasteiger partial charge < -0.3 is 20.1 Å². The van der Waals surface area contributed by atoms with Crippen LogP contribution in [0.3, 0.4) is 0 Å². The van der Waals surface area contributed by atoms with Gasteiger partial charge in [-0.3, -0.25) is 0 Å². The van der Waals surface area contributed by atoms with Crippen molar-refractivity contribution in [3.63, 3.8) is 0 Å². The van der Waals surface area contributed by atoms with Crippen molar-refractivity contribution >= 4 is 5.96 Å². The Labute approximate surface area is 152 Å². The van der Waals surface area contributed by atoms with Gasteiger partial charge in [0.25, 0.3) is 0 Å². The molecule has 1 aromatic carbocycles. The smallest absolute Gasteiger partial charge is 0.191 e. The van der Waals surface area contributed by atoms with Crippen LogP contribution in [0.5, 0.6) is 5.75 Å². The first-order valence-electron chi connectivity index (χ1n) is 9.35. The van der Waals surface area contributed by atoms with Crippen molar-refractivity contribution in [3.8, 4) is 5.75 Å². The molecule has 25 heavy (non-hydrogen) atoms. The van der Waals surface area contributed by atoms with E-state index in [0.717, 1.165) is 42.9 Å². The van der Waals surface area contributed by atoms with Crippen molar-refractivity contribution in [2.24, 2.45) is 10.9 Å². The van der Waals surface area contributed by atoms with E-state index >= 15 is 0 Å². The number of guanidine groups is 1. The molecule has 1 aromatic rings. The monoisotopic (exact) mass is 347 g/mol. The van der Waals surface area contributed by atoms with Gasteiger partial charge in [0, 0.05) is 25.3 Å². The third-order valence-corrected chi connectivity index (χ3v) is 3.73. The predicted octanol–water partition coefficient (Wildman–Crippen LogP) is 3.35. The maximum atomic E-state index is 6.04. The zero-order valence-electron chi connectivity index (χ0n) is 16.1. The van der Waals surface area contributed by atoms with Gasteiger partial charge in [-0.1, -0.05) is 18.2 Å². The van der Waals surface area contributed by atoms with Gasteiger partial charge in [-0.05, 0) is 52.5 Å². The molecule has 0 atom stereocenters. The van der Waals surface area contributed by atoms with E-state index in [4.69, 9.17) is 9.47 Å². The lowest BCUT2D eigenvalue weighted by atomic mass is 10.1. The Morgan fingerprint density at radius 1 is 1.20 bits per heavy atom. The Hall–Kier alpha value is -1.75. The van der Waals surface area contributed by atoms with Gasteiger partial charge in [-0.15, -0.1) is 0 Å². The molecule has 1 aliphatic carbocycles. The summed E-state index contributed by atoms with van der Waals surface area (Å²) in [5, 5.41) is 6.60. The number of para-hydroxylation sites is 1. The van der Waals surface area contributed by atoms with E-state index in [1.165, 1.54) is 12.8 Å². The quantitative estimate of drug-likeness (QED) is 0.409. The summed E-state index contributed by atoms with van der Waals surface area (Å²) in [5.74, 6) is 2.51. The molecule has 5 heteroatoms. The Kier molecular flexibility index (Phi) is 7.56. The molecule has 2 N–H and O–H groups in total. The fraction of sp³-hybridized carbons (Fsp3) is 0.650. The maximum Gasteiger partial charge on any atom is 0.191 e. The Bertz CT molecular complexity index is 548. The number of hydrogen-bond acceptors (Lipinski definition) is 3. The fourth-order valence-corrected chi connectivity index (χ4v) is 2.35. The number of hydrogen-bond donors (Lipinski definition) is 2.